The number of thiophene rings is 1. The predicted octanol–water partition coefficient (Wildman–Crippen LogP) is 2.27. The maximum absolute atomic E-state index is 5.97. The summed E-state index contributed by atoms with van der Waals surface area (Å²) in [6, 6.07) is 2.14. The molecule has 0 aliphatic carbocycles. The fourth-order valence-electron chi connectivity index (χ4n) is 1.84. The van der Waals surface area contributed by atoms with Crippen LogP contribution in [0.25, 0.3) is 10.2 Å². The van der Waals surface area contributed by atoms with Gasteiger partial charge < -0.3 is 5.84 Å². The molecule has 8 heteroatoms. The number of hydrogen-bond donors (Lipinski definition) is 1. The molecule has 20 heavy (non-hydrogen) atoms. The van der Waals surface area contributed by atoms with Crippen molar-refractivity contribution in [2.75, 3.05) is 5.84 Å². The van der Waals surface area contributed by atoms with Crippen LogP contribution in [0.3, 0.4) is 0 Å². The van der Waals surface area contributed by atoms with Crippen LogP contribution < -0.4 is 5.84 Å². The molecule has 0 bridgehead atoms. The minimum atomic E-state index is 0.645. The Morgan fingerprint density at radius 2 is 2.10 bits per heavy atom. The van der Waals surface area contributed by atoms with E-state index in [-0.39, 0.29) is 0 Å². The average molecular weight is 306 g/mol. The van der Waals surface area contributed by atoms with Crippen LogP contribution in [0, 0.1) is 0 Å². The number of aromatic nitrogens is 5. The van der Waals surface area contributed by atoms with Crippen molar-refractivity contribution in [1.82, 2.24) is 24.8 Å². The van der Waals surface area contributed by atoms with E-state index in [0.29, 0.717) is 5.16 Å². The third-order valence-electron chi connectivity index (χ3n) is 2.93. The third-order valence-corrected chi connectivity index (χ3v) is 5.10. The van der Waals surface area contributed by atoms with Gasteiger partial charge in [-0.2, -0.15) is 0 Å². The third kappa shape index (κ3) is 2.25. The lowest BCUT2D eigenvalue weighted by Gasteiger charge is -2.02. The zero-order valence-electron chi connectivity index (χ0n) is 11.2. The molecule has 0 saturated carbocycles. The van der Waals surface area contributed by atoms with Gasteiger partial charge in [0.2, 0.25) is 5.16 Å². The molecule has 3 aromatic rings. The Balaban J connectivity index is 2.01. The molecule has 0 aromatic carbocycles. The van der Waals surface area contributed by atoms with Crippen LogP contribution in [0.15, 0.2) is 22.6 Å². The van der Waals surface area contributed by atoms with E-state index in [1.54, 1.807) is 17.7 Å². The van der Waals surface area contributed by atoms with Crippen LogP contribution in [0.5, 0.6) is 0 Å². The lowest BCUT2D eigenvalue weighted by molar-refractivity contribution is 0.795. The minimum absolute atomic E-state index is 0.645. The molecule has 3 aromatic heterocycles. The Hall–Kier alpha value is -1.67. The lowest BCUT2D eigenvalue weighted by Crippen LogP contribution is -2.13. The second kappa shape index (κ2) is 5.37. The van der Waals surface area contributed by atoms with Gasteiger partial charge in [-0.1, -0.05) is 13.8 Å². The van der Waals surface area contributed by atoms with Crippen LogP contribution in [0.1, 0.15) is 24.5 Å². The topological polar surface area (TPSA) is 82.5 Å². The predicted molar refractivity (Wildman–Crippen MR) is 80.5 cm³/mol. The minimum Gasteiger partial charge on any atom is -0.336 e. The summed E-state index contributed by atoms with van der Waals surface area (Å²) >= 11 is 3.12. The fourth-order valence-corrected chi connectivity index (χ4v) is 3.67. The van der Waals surface area contributed by atoms with Crippen LogP contribution in [-0.2, 0) is 12.8 Å². The molecule has 104 valence electrons. The molecule has 0 fully saturated rings. The monoisotopic (exact) mass is 306 g/mol. The molecule has 0 spiro atoms. The van der Waals surface area contributed by atoms with Gasteiger partial charge in [0.25, 0.3) is 0 Å². The van der Waals surface area contributed by atoms with E-state index in [1.165, 1.54) is 21.3 Å². The van der Waals surface area contributed by atoms with E-state index in [0.717, 1.165) is 33.9 Å². The Morgan fingerprint density at radius 3 is 2.80 bits per heavy atom. The zero-order valence-corrected chi connectivity index (χ0v) is 12.8. The van der Waals surface area contributed by atoms with Gasteiger partial charge in [0.05, 0.1) is 0 Å². The summed E-state index contributed by atoms with van der Waals surface area (Å²) in [6.07, 6.45) is 3.33. The Bertz CT molecular complexity index is 748. The number of nitrogens with two attached hydrogens (primary N) is 1. The average Bonchev–Trinajstić information content (AvgIpc) is 3.04. The largest absolute Gasteiger partial charge is 0.336 e. The summed E-state index contributed by atoms with van der Waals surface area (Å²) in [5, 5.41) is 10.7. The number of aryl methyl sites for hydroxylation is 2. The maximum Gasteiger partial charge on any atom is 0.216 e. The second-order valence-corrected chi connectivity index (χ2v) is 6.26. The van der Waals surface area contributed by atoms with Gasteiger partial charge in [-0.3, -0.25) is 0 Å². The van der Waals surface area contributed by atoms with Crippen molar-refractivity contribution >= 4 is 33.3 Å². The summed E-state index contributed by atoms with van der Waals surface area (Å²) in [6.45, 7) is 4.13. The molecule has 0 aliphatic heterocycles. The van der Waals surface area contributed by atoms with Crippen molar-refractivity contribution in [2.45, 2.75) is 36.9 Å². The smallest absolute Gasteiger partial charge is 0.216 e. The normalized spacial score (nSPS) is 11.3. The molecule has 3 heterocycles. The van der Waals surface area contributed by atoms with E-state index in [2.05, 4.69) is 33.2 Å². The van der Waals surface area contributed by atoms with Gasteiger partial charge in [0, 0.05) is 16.7 Å². The number of fused-ring (bicyclic) bond motifs is 1. The first-order valence-electron chi connectivity index (χ1n) is 6.33. The van der Waals surface area contributed by atoms with E-state index in [1.807, 2.05) is 6.92 Å². The molecule has 0 aliphatic rings. The van der Waals surface area contributed by atoms with Gasteiger partial charge in [-0.15, -0.1) is 21.5 Å². The van der Waals surface area contributed by atoms with Crippen molar-refractivity contribution in [3.05, 3.63) is 23.1 Å². The highest BCUT2D eigenvalue weighted by Gasteiger charge is 2.14. The number of hydrogen-bond acceptors (Lipinski definition) is 7. The molecule has 3 rings (SSSR count). The van der Waals surface area contributed by atoms with Crippen molar-refractivity contribution in [1.29, 1.82) is 0 Å². The van der Waals surface area contributed by atoms with Crippen LogP contribution >= 0.6 is 23.1 Å². The Kier molecular flexibility index (Phi) is 3.58. The van der Waals surface area contributed by atoms with E-state index in [9.17, 15) is 0 Å². The van der Waals surface area contributed by atoms with Gasteiger partial charge in [-0.25, -0.2) is 14.6 Å². The SMILES string of the molecule is CCc1cc2c(Sc3nnc(CC)n3N)ncnc2s1. The van der Waals surface area contributed by atoms with Gasteiger partial charge in [0.15, 0.2) is 5.82 Å². The molecule has 0 saturated heterocycles. The number of rotatable bonds is 4. The summed E-state index contributed by atoms with van der Waals surface area (Å²) in [5.41, 5.74) is 0. The van der Waals surface area contributed by atoms with Crippen molar-refractivity contribution in [3.63, 3.8) is 0 Å². The van der Waals surface area contributed by atoms with Crippen molar-refractivity contribution in [2.24, 2.45) is 0 Å². The highest BCUT2D eigenvalue weighted by molar-refractivity contribution is 7.99. The number of nitrogen functional groups attached to an aromatic ring is 1. The zero-order chi connectivity index (χ0) is 14.1. The molecule has 0 unspecified atom stereocenters. The lowest BCUT2D eigenvalue weighted by atomic mass is 10.3. The van der Waals surface area contributed by atoms with Gasteiger partial charge in [-0.05, 0) is 24.2 Å². The highest BCUT2D eigenvalue weighted by Crippen LogP contribution is 2.33. The van der Waals surface area contributed by atoms with E-state index < -0.39 is 0 Å². The molecule has 0 radical (unpaired) electrons. The first kappa shape index (κ1) is 13.3. The molecule has 2 N–H and O–H groups in total. The Labute approximate surface area is 124 Å². The van der Waals surface area contributed by atoms with Crippen molar-refractivity contribution in [3.8, 4) is 0 Å². The van der Waals surface area contributed by atoms with Crippen molar-refractivity contribution < 1.29 is 0 Å². The van der Waals surface area contributed by atoms with E-state index >= 15 is 0 Å². The summed E-state index contributed by atoms with van der Waals surface area (Å²) < 4.78 is 1.52. The fraction of sp³-hybridized carbons (Fsp3) is 0.333. The standard InChI is InChI=1S/C12H14N6S2/c1-3-7-5-8-10(19-7)14-6-15-11(8)20-12-17-16-9(4-2)18(12)13/h5-6H,3-4,13H2,1-2H3. The van der Waals surface area contributed by atoms with Crippen LogP contribution in [0.2, 0.25) is 0 Å². The van der Waals surface area contributed by atoms with Crippen LogP contribution in [0.4, 0.5) is 0 Å². The highest BCUT2D eigenvalue weighted by atomic mass is 32.2. The number of nitrogens with zero attached hydrogens (tertiary/aromatic N) is 5. The molecule has 0 amide bonds. The molecule has 6 nitrogen and oxygen atoms in total. The maximum atomic E-state index is 5.97. The Morgan fingerprint density at radius 1 is 1.25 bits per heavy atom. The quantitative estimate of drug-likeness (QED) is 0.588. The first-order valence-corrected chi connectivity index (χ1v) is 7.96. The van der Waals surface area contributed by atoms with Crippen LogP contribution in [-0.4, -0.2) is 24.8 Å². The van der Waals surface area contributed by atoms with Gasteiger partial charge in [0.1, 0.15) is 16.2 Å². The van der Waals surface area contributed by atoms with E-state index in [4.69, 9.17) is 5.84 Å². The summed E-state index contributed by atoms with van der Waals surface area (Å²) in [7, 11) is 0. The molecular weight excluding hydrogens is 292 g/mol. The first-order chi connectivity index (χ1) is 9.72. The molecule has 0 atom stereocenters. The summed E-state index contributed by atoms with van der Waals surface area (Å²) in [4.78, 5) is 11.0. The molecular formula is C12H14N6S2. The summed E-state index contributed by atoms with van der Waals surface area (Å²) in [5.74, 6) is 6.73. The van der Waals surface area contributed by atoms with Gasteiger partial charge >= 0.3 is 0 Å². The second-order valence-electron chi connectivity index (χ2n) is 4.19.